The Bertz CT molecular complexity index is 1620. The number of aromatic nitrogens is 2. The number of hydrazone groups is 1. The van der Waals surface area contributed by atoms with Gasteiger partial charge in [-0.05, 0) is 50.3 Å². The average molecular weight is 579 g/mol. The highest BCUT2D eigenvalue weighted by atomic mass is 32.2. The quantitative estimate of drug-likeness (QED) is 0.130. The maximum atomic E-state index is 13.9. The van der Waals surface area contributed by atoms with Crippen LogP contribution in [0.3, 0.4) is 0 Å². The number of nitrogens with zero attached hydrogens (tertiary/aromatic N) is 3. The number of fused-ring (bicyclic) bond motifs is 3. The van der Waals surface area contributed by atoms with Gasteiger partial charge in [-0.2, -0.15) is 5.10 Å². The molecule has 0 fully saturated rings. The van der Waals surface area contributed by atoms with E-state index in [-0.39, 0.29) is 17.2 Å². The summed E-state index contributed by atoms with van der Waals surface area (Å²) in [4.78, 5) is 33.5. The van der Waals surface area contributed by atoms with Gasteiger partial charge < -0.3 is 14.2 Å². The summed E-state index contributed by atoms with van der Waals surface area (Å²) in [5.41, 5.74) is 5.96. The largest absolute Gasteiger partial charge is 0.496 e. The van der Waals surface area contributed by atoms with E-state index in [1.807, 2.05) is 31.2 Å². The summed E-state index contributed by atoms with van der Waals surface area (Å²) in [6.45, 7) is 2.00. The van der Waals surface area contributed by atoms with Gasteiger partial charge in [-0.25, -0.2) is 10.4 Å². The number of amides is 1. The number of thiophene rings is 1. The van der Waals surface area contributed by atoms with E-state index in [4.69, 9.17) is 19.2 Å². The maximum absolute atomic E-state index is 13.9. The topological polar surface area (TPSA) is 104 Å². The van der Waals surface area contributed by atoms with Crippen molar-refractivity contribution in [3.63, 3.8) is 0 Å². The molecule has 0 aliphatic heterocycles. The summed E-state index contributed by atoms with van der Waals surface area (Å²) >= 11 is 2.80. The van der Waals surface area contributed by atoms with E-state index in [1.54, 1.807) is 35.1 Å². The van der Waals surface area contributed by atoms with Crippen LogP contribution in [0.15, 0.2) is 51.5 Å². The first-order valence-electron chi connectivity index (χ1n) is 12.8. The molecule has 40 heavy (non-hydrogen) atoms. The Labute approximate surface area is 240 Å². The van der Waals surface area contributed by atoms with Gasteiger partial charge >= 0.3 is 0 Å². The Morgan fingerprint density at radius 1 is 1.10 bits per heavy atom. The molecule has 4 aromatic rings. The molecule has 0 atom stereocenters. The van der Waals surface area contributed by atoms with Crippen LogP contribution in [0.2, 0.25) is 0 Å². The first-order chi connectivity index (χ1) is 19.4. The fourth-order valence-electron chi connectivity index (χ4n) is 4.70. The van der Waals surface area contributed by atoms with Crippen molar-refractivity contribution in [1.29, 1.82) is 0 Å². The lowest BCUT2D eigenvalue weighted by atomic mass is 9.97. The fourth-order valence-corrected chi connectivity index (χ4v) is 6.80. The number of hydrogen-bond acceptors (Lipinski definition) is 9. The Hall–Kier alpha value is -3.83. The van der Waals surface area contributed by atoms with Crippen molar-refractivity contribution < 1.29 is 19.0 Å². The monoisotopic (exact) mass is 578 g/mol. The van der Waals surface area contributed by atoms with E-state index < -0.39 is 0 Å². The number of benzene rings is 2. The molecule has 9 nitrogen and oxygen atoms in total. The lowest BCUT2D eigenvalue weighted by Crippen LogP contribution is -2.24. The van der Waals surface area contributed by atoms with Crippen LogP contribution < -0.4 is 25.2 Å². The van der Waals surface area contributed by atoms with Gasteiger partial charge in [0.25, 0.3) is 11.5 Å². The SMILES string of the molecule is COc1cc(OC)c(/C=N\NC(=O)CSc2nc3sc4c(c3c(=O)n2-c2ccc(C)cc2)CCCC4)c(OC)c1. The normalized spacial score (nSPS) is 12.9. The summed E-state index contributed by atoms with van der Waals surface area (Å²) in [5, 5.41) is 5.28. The molecule has 11 heteroatoms. The second-order valence-corrected chi connectivity index (χ2v) is 11.3. The van der Waals surface area contributed by atoms with Gasteiger partial charge in [-0.3, -0.25) is 14.2 Å². The molecular weight excluding hydrogens is 548 g/mol. The minimum absolute atomic E-state index is 0.0170. The molecule has 0 unspecified atom stereocenters. The minimum atomic E-state index is -0.344. The Morgan fingerprint density at radius 2 is 1.80 bits per heavy atom. The number of ether oxygens (including phenoxy) is 3. The lowest BCUT2D eigenvalue weighted by Gasteiger charge is -2.14. The van der Waals surface area contributed by atoms with E-state index in [1.165, 1.54) is 37.1 Å². The van der Waals surface area contributed by atoms with E-state index in [2.05, 4.69) is 10.5 Å². The predicted molar refractivity (Wildman–Crippen MR) is 159 cm³/mol. The zero-order valence-electron chi connectivity index (χ0n) is 22.8. The fraction of sp³-hybridized carbons (Fsp3) is 0.310. The Balaban J connectivity index is 1.40. The van der Waals surface area contributed by atoms with Gasteiger partial charge in [0, 0.05) is 17.0 Å². The van der Waals surface area contributed by atoms with E-state index >= 15 is 0 Å². The lowest BCUT2D eigenvalue weighted by molar-refractivity contribution is -0.118. The Kier molecular flexibility index (Phi) is 8.41. The van der Waals surface area contributed by atoms with Crippen LogP contribution in [0.25, 0.3) is 15.9 Å². The molecule has 208 valence electrons. The van der Waals surface area contributed by atoms with Crippen LogP contribution in [0, 0.1) is 6.92 Å². The number of rotatable bonds is 9. The third-order valence-electron chi connectivity index (χ3n) is 6.72. The zero-order chi connectivity index (χ0) is 28.2. The molecular formula is C29H30N4O5S2. The van der Waals surface area contributed by atoms with Crippen LogP contribution in [0.4, 0.5) is 0 Å². The summed E-state index contributed by atoms with van der Waals surface area (Å²) in [5.74, 6) is 1.22. The van der Waals surface area contributed by atoms with Crippen molar-refractivity contribution in [2.75, 3.05) is 27.1 Å². The highest BCUT2D eigenvalue weighted by Gasteiger charge is 2.23. The summed E-state index contributed by atoms with van der Waals surface area (Å²) in [6.07, 6.45) is 5.54. The summed E-state index contributed by atoms with van der Waals surface area (Å²) in [7, 11) is 4.61. The summed E-state index contributed by atoms with van der Waals surface area (Å²) in [6, 6.07) is 11.2. The number of aryl methyl sites for hydroxylation is 3. The van der Waals surface area contributed by atoms with Crippen LogP contribution >= 0.6 is 23.1 Å². The maximum Gasteiger partial charge on any atom is 0.267 e. The van der Waals surface area contributed by atoms with E-state index in [0.717, 1.165) is 47.3 Å². The number of hydrogen-bond donors (Lipinski definition) is 1. The van der Waals surface area contributed by atoms with Crippen molar-refractivity contribution in [3.05, 3.63) is 68.3 Å². The number of carbonyl (C=O) groups is 1. The third-order valence-corrected chi connectivity index (χ3v) is 8.84. The van der Waals surface area contributed by atoms with Gasteiger partial charge in [0.05, 0.1) is 49.9 Å². The molecule has 0 radical (unpaired) electrons. The highest BCUT2D eigenvalue weighted by Crippen LogP contribution is 2.35. The molecule has 2 aromatic carbocycles. The zero-order valence-corrected chi connectivity index (χ0v) is 24.4. The van der Waals surface area contributed by atoms with Crippen molar-refractivity contribution >= 4 is 45.4 Å². The molecule has 5 rings (SSSR count). The molecule has 1 N–H and O–H groups in total. The molecule has 1 aliphatic carbocycles. The molecule has 0 bridgehead atoms. The molecule has 2 aromatic heterocycles. The average Bonchev–Trinajstić information content (AvgIpc) is 3.35. The van der Waals surface area contributed by atoms with Crippen molar-refractivity contribution in [1.82, 2.24) is 15.0 Å². The molecule has 1 amide bonds. The van der Waals surface area contributed by atoms with Gasteiger partial charge in [-0.1, -0.05) is 29.5 Å². The van der Waals surface area contributed by atoms with Gasteiger partial charge in [0.2, 0.25) is 0 Å². The summed E-state index contributed by atoms with van der Waals surface area (Å²) < 4.78 is 17.7. The smallest absolute Gasteiger partial charge is 0.267 e. The first kappa shape index (κ1) is 27.7. The third kappa shape index (κ3) is 5.57. The van der Waals surface area contributed by atoms with Gasteiger partial charge in [0.15, 0.2) is 5.16 Å². The van der Waals surface area contributed by atoms with Crippen LogP contribution in [0.1, 0.15) is 34.4 Å². The second-order valence-electron chi connectivity index (χ2n) is 9.29. The van der Waals surface area contributed by atoms with Crippen LogP contribution in [0.5, 0.6) is 17.2 Å². The first-order valence-corrected chi connectivity index (χ1v) is 14.6. The molecule has 0 saturated carbocycles. The highest BCUT2D eigenvalue weighted by molar-refractivity contribution is 7.99. The van der Waals surface area contributed by atoms with Gasteiger partial charge in [-0.15, -0.1) is 11.3 Å². The molecule has 0 saturated heterocycles. The molecule has 0 spiro atoms. The van der Waals surface area contributed by atoms with Crippen molar-refractivity contribution in [2.45, 2.75) is 37.8 Å². The minimum Gasteiger partial charge on any atom is -0.496 e. The van der Waals surface area contributed by atoms with E-state index in [0.29, 0.717) is 33.4 Å². The van der Waals surface area contributed by atoms with E-state index in [9.17, 15) is 9.59 Å². The number of carbonyl (C=O) groups excluding carboxylic acids is 1. The van der Waals surface area contributed by atoms with Crippen LogP contribution in [-0.4, -0.2) is 48.8 Å². The van der Waals surface area contributed by atoms with Crippen LogP contribution in [-0.2, 0) is 17.6 Å². The second kappa shape index (κ2) is 12.1. The Morgan fingerprint density at radius 3 is 2.48 bits per heavy atom. The standard InChI is InChI=1S/C29H30N4O5S2/c1-17-9-11-18(12-10-17)33-28(35)26-20-7-5-6-8-24(20)40-27(26)31-29(33)39-16-25(34)32-30-15-21-22(37-3)13-19(36-2)14-23(21)38-4/h9-15H,5-8,16H2,1-4H3,(H,32,34)/b30-15-. The number of methoxy groups -OCH3 is 3. The predicted octanol–water partition coefficient (Wildman–Crippen LogP) is 4.90. The van der Waals surface area contributed by atoms with Crippen molar-refractivity contribution in [2.24, 2.45) is 5.10 Å². The van der Waals surface area contributed by atoms with Crippen molar-refractivity contribution in [3.8, 4) is 22.9 Å². The number of nitrogens with one attached hydrogen (secondary N) is 1. The number of thioether (sulfide) groups is 1. The molecule has 2 heterocycles. The molecule has 1 aliphatic rings. The van der Waals surface area contributed by atoms with Gasteiger partial charge in [0.1, 0.15) is 22.1 Å².